The number of hydrogen-bond acceptors (Lipinski definition) is 15. The molecule has 468 valence electrons. The highest BCUT2D eigenvalue weighted by Gasteiger charge is 2.33. The largest absolute Gasteiger partial charge is 0.376 e. The summed E-state index contributed by atoms with van der Waals surface area (Å²) in [7, 11) is 3.78. The number of carbonyl (C=O) groups is 9. The van der Waals surface area contributed by atoms with E-state index in [-0.39, 0.29) is 58.1 Å². The normalized spacial score (nSPS) is 13.6. The number of nitrogens with one attached hydrogen (secondary N) is 2. The van der Waals surface area contributed by atoms with Crippen molar-refractivity contribution >= 4 is 65.8 Å². The molecule has 0 aromatic heterocycles. The van der Waals surface area contributed by atoms with Crippen molar-refractivity contribution in [3.05, 3.63) is 83.9 Å². The summed E-state index contributed by atoms with van der Waals surface area (Å²) in [4.78, 5) is 138. The van der Waals surface area contributed by atoms with Gasteiger partial charge in [-0.1, -0.05) is 79.6 Å². The average molecular weight is 1190 g/mol. The average Bonchev–Trinajstić information content (AvgIpc) is 4.00. The molecule has 2 aromatic carbocycles. The summed E-state index contributed by atoms with van der Waals surface area (Å²) < 4.78 is 5.98. The maximum atomic E-state index is 14.9. The molecule has 2 aromatic rings. The molecule has 3 atom stereocenters. The van der Waals surface area contributed by atoms with E-state index in [2.05, 4.69) is 41.7 Å². The highest BCUT2D eigenvalue weighted by Crippen LogP contribution is 2.22. The van der Waals surface area contributed by atoms with Crippen molar-refractivity contribution in [2.24, 2.45) is 17.2 Å². The minimum atomic E-state index is -1.06. The molecule has 24 heteroatoms. The smallest absolute Gasteiger partial charge is 0.243 e. The Bertz CT molecular complexity index is 2400. The van der Waals surface area contributed by atoms with Gasteiger partial charge < -0.3 is 71.8 Å². The highest BCUT2D eigenvalue weighted by molar-refractivity contribution is 7.80. The number of amides is 9. The van der Waals surface area contributed by atoms with Crippen LogP contribution in [0, 0.1) is 6.92 Å². The van der Waals surface area contributed by atoms with Crippen LogP contribution in [0.2, 0.25) is 0 Å². The highest BCUT2D eigenvalue weighted by atomic mass is 32.1. The molecule has 1 saturated heterocycles. The molecule has 1 fully saturated rings. The summed E-state index contributed by atoms with van der Waals surface area (Å²) in [5.74, 6) is -5.23. The molecule has 1 heterocycles. The molecular weight excluding hydrogens is 1090 g/mol. The number of benzene rings is 2. The van der Waals surface area contributed by atoms with E-state index in [1.165, 1.54) is 40.4 Å². The molecule has 3 rings (SSSR count). The van der Waals surface area contributed by atoms with Crippen LogP contribution in [-0.2, 0) is 54.4 Å². The van der Waals surface area contributed by atoms with Crippen molar-refractivity contribution in [2.75, 3.05) is 138 Å². The molecule has 0 bridgehead atoms. The van der Waals surface area contributed by atoms with Gasteiger partial charge in [0.05, 0.1) is 44.9 Å². The maximum absolute atomic E-state index is 14.9. The first-order chi connectivity index (χ1) is 40.3. The fourth-order valence-electron chi connectivity index (χ4n) is 9.62. The van der Waals surface area contributed by atoms with Gasteiger partial charge in [0.15, 0.2) is 0 Å². The second kappa shape index (κ2) is 40.0. The lowest BCUT2D eigenvalue weighted by Crippen LogP contribution is -2.54. The van der Waals surface area contributed by atoms with Gasteiger partial charge in [0.25, 0.3) is 0 Å². The second-order valence-electron chi connectivity index (χ2n) is 21.5. The third-order valence-electron chi connectivity index (χ3n) is 14.6. The van der Waals surface area contributed by atoms with Crippen LogP contribution in [-0.4, -0.2) is 242 Å². The number of nitrogens with zero attached hydrogens (tertiary/aromatic N) is 8. The maximum Gasteiger partial charge on any atom is 0.243 e. The lowest BCUT2D eigenvalue weighted by Gasteiger charge is -2.34. The van der Waals surface area contributed by atoms with E-state index in [1.54, 1.807) is 14.0 Å². The minimum absolute atomic E-state index is 0.00938. The Labute approximate surface area is 503 Å². The fraction of sp³-hybridized carbons (Fsp3) is 0.617. The van der Waals surface area contributed by atoms with Crippen LogP contribution in [0.4, 0.5) is 0 Å². The molecule has 9 amide bonds. The molecule has 23 nitrogen and oxygen atoms in total. The number of primary amides is 1. The lowest BCUT2D eigenvalue weighted by atomic mass is 10.1. The number of ether oxygens (including phenoxy) is 1. The van der Waals surface area contributed by atoms with Crippen LogP contribution in [0.5, 0.6) is 0 Å². The Balaban J connectivity index is 1.99. The van der Waals surface area contributed by atoms with Crippen molar-refractivity contribution in [2.45, 2.75) is 103 Å². The number of nitrogens with two attached hydrogens (primary N) is 3. The topological polar surface area (TPSA) is 291 Å². The number of carbonyl (C=O) groups excluding carboxylic acids is 9. The summed E-state index contributed by atoms with van der Waals surface area (Å²) in [5.41, 5.74) is 19.7. The zero-order valence-electron chi connectivity index (χ0n) is 50.6. The molecule has 0 aliphatic carbocycles. The summed E-state index contributed by atoms with van der Waals surface area (Å²) in [6.45, 7) is 9.52. The number of aryl methyl sites for hydroxylation is 1. The van der Waals surface area contributed by atoms with E-state index in [9.17, 15) is 43.2 Å². The van der Waals surface area contributed by atoms with Crippen LogP contribution in [0.15, 0.2) is 67.3 Å². The minimum Gasteiger partial charge on any atom is -0.376 e. The number of rotatable bonds is 42. The van der Waals surface area contributed by atoms with Gasteiger partial charge in [-0.3, -0.25) is 43.2 Å². The molecule has 0 saturated carbocycles. The molecule has 0 spiro atoms. The molecule has 1 aliphatic rings. The van der Waals surface area contributed by atoms with Gasteiger partial charge in [0, 0.05) is 51.6 Å². The fourth-order valence-corrected chi connectivity index (χ4v) is 9.89. The van der Waals surface area contributed by atoms with Crippen LogP contribution in [0.3, 0.4) is 0 Å². The van der Waals surface area contributed by atoms with E-state index >= 15 is 0 Å². The van der Waals surface area contributed by atoms with Gasteiger partial charge in [-0.15, -0.1) is 6.58 Å². The van der Waals surface area contributed by atoms with E-state index in [0.717, 1.165) is 42.5 Å². The zero-order chi connectivity index (χ0) is 62.0. The van der Waals surface area contributed by atoms with Crippen LogP contribution in [0.25, 0.3) is 0 Å². The Morgan fingerprint density at radius 3 is 1.86 bits per heavy atom. The van der Waals surface area contributed by atoms with E-state index in [1.807, 2.05) is 68.6 Å². The number of unbranched alkanes of at least 4 members (excludes halogenated alkanes) is 3. The van der Waals surface area contributed by atoms with Gasteiger partial charge in [-0.05, 0) is 117 Å². The third-order valence-corrected chi connectivity index (χ3v) is 15.0. The van der Waals surface area contributed by atoms with Crippen LogP contribution in [0.1, 0.15) is 94.4 Å². The zero-order valence-corrected chi connectivity index (χ0v) is 51.5. The van der Waals surface area contributed by atoms with Gasteiger partial charge >= 0.3 is 0 Å². The van der Waals surface area contributed by atoms with Gasteiger partial charge in [0.1, 0.15) is 25.7 Å². The first kappa shape index (κ1) is 71.8. The first-order valence-electron chi connectivity index (χ1n) is 29.5. The number of thiol groups is 1. The Hall–Kier alpha value is -6.44. The molecular formula is C60H97N13O10S. The predicted octanol–water partition coefficient (Wildman–Crippen LogP) is 1.14. The monoisotopic (exact) mass is 1190 g/mol. The predicted molar refractivity (Wildman–Crippen MR) is 328 cm³/mol. The van der Waals surface area contributed by atoms with Crippen LogP contribution < -0.4 is 27.8 Å². The van der Waals surface area contributed by atoms with Crippen LogP contribution >= 0.6 is 12.6 Å². The van der Waals surface area contributed by atoms with Gasteiger partial charge in [-0.25, -0.2) is 0 Å². The molecule has 8 N–H and O–H groups in total. The summed E-state index contributed by atoms with van der Waals surface area (Å²) >= 11 is 4.12. The van der Waals surface area contributed by atoms with E-state index < -0.39 is 111 Å². The SMILES string of the molecule is C=CCN(CC(=O)N(CC(=O)N(CCCN(C)CCCC)CC(=O)N(CCCCN)CC(=O)N(CCCCNC)CC(=O)NC(CS)C(N)=O)CC1CCCO1)C(=O)CN(C(=O)CN(Cc1cccc(C)c1)C(=O)CN)C(C)c1ccccc1. The Morgan fingerprint density at radius 1 is 0.702 bits per heavy atom. The number of hydrogen-bond donors (Lipinski definition) is 6. The summed E-state index contributed by atoms with van der Waals surface area (Å²) in [6, 6.07) is 15.0. The summed E-state index contributed by atoms with van der Waals surface area (Å²) in [6.07, 6.45) is 7.01. The van der Waals surface area contributed by atoms with Crippen molar-refractivity contribution in [3.63, 3.8) is 0 Å². The third kappa shape index (κ3) is 26.2. The van der Waals surface area contributed by atoms with Gasteiger partial charge in [0.2, 0.25) is 53.2 Å². The molecule has 0 radical (unpaired) electrons. The quantitative estimate of drug-likeness (QED) is 0.0309. The Kier molecular flexibility index (Phi) is 34.2. The summed E-state index contributed by atoms with van der Waals surface area (Å²) in [5, 5.41) is 5.59. The Morgan fingerprint density at radius 2 is 1.29 bits per heavy atom. The molecule has 1 aliphatic heterocycles. The van der Waals surface area contributed by atoms with Crippen molar-refractivity contribution in [1.82, 2.24) is 49.8 Å². The van der Waals surface area contributed by atoms with Crippen molar-refractivity contribution in [3.8, 4) is 0 Å². The van der Waals surface area contributed by atoms with Gasteiger partial charge in [-0.2, -0.15) is 12.6 Å². The molecule has 84 heavy (non-hydrogen) atoms. The van der Waals surface area contributed by atoms with Crippen molar-refractivity contribution in [1.29, 1.82) is 0 Å². The molecule has 3 unspecified atom stereocenters. The van der Waals surface area contributed by atoms with Crippen molar-refractivity contribution < 1.29 is 47.9 Å². The van der Waals surface area contributed by atoms with E-state index in [4.69, 9.17) is 21.9 Å². The first-order valence-corrected chi connectivity index (χ1v) is 30.1. The standard InChI is InChI=1S/C60H97N13O10S/c1-7-9-28-66(6)29-19-32-70(40-55(77)69(30-15-13-25-61)39-54(76)68(31-16-14-26-64-5)38-52(74)65-51(45-84)60(63)82)56(78)42-72(37-50-24-18-33-83-50)57(79)41-67(27-8-2)58(80)44-73(47(4)49-22-11-10-12-23-49)59(81)43-71(53(75)35-62)36-48-21-17-20-46(3)34-48/h8,10-12,17,20-23,34,47,50-51,64,84H,2,7,9,13-16,18-19,24-33,35-45,61-62H2,1,3-6H3,(H2,63,82)(H,65,74). The van der Waals surface area contributed by atoms with E-state index in [0.29, 0.717) is 64.8 Å². The lowest BCUT2D eigenvalue weighted by molar-refractivity contribution is -0.149. The second-order valence-corrected chi connectivity index (χ2v) is 21.9.